The van der Waals surface area contributed by atoms with E-state index >= 15 is 0 Å². The molecule has 0 saturated heterocycles. The molecule has 0 radical (unpaired) electrons. The van der Waals surface area contributed by atoms with Gasteiger partial charge in [-0.3, -0.25) is 4.79 Å². The molecule has 0 unspecified atom stereocenters. The molecule has 0 bridgehead atoms. The summed E-state index contributed by atoms with van der Waals surface area (Å²) in [5.41, 5.74) is 1.22. The second-order valence-corrected chi connectivity index (χ2v) is 4.31. The van der Waals surface area contributed by atoms with Gasteiger partial charge in [-0.15, -0.1) is 0 Å². The topological polar surface area (TPSA) is 97.9 Å². The first kappa shape index (κ1) is 17.2. The standard InChI is InChI=1S/C16H18N4O2/c1-2-22-9-3-8-19-16(21)14(11-18)12-20-15-6-4-13(10-17)5-7-15/h4-7,12,20H,2-3,8-9H2,1H3,(H,19,21)/b14-12-. The van der Waals surface area contributed by atoms with Crippen molar-refractivity contribution in [3.05, 3.63) is 41.6 Å². The van der Waals surface area contributed by atoms with Crippen LogP contribution in [0.4, 0.5) is 5.69 Å². The van der Waals surface area contributed by atoms with Crippen LogP contribution in [0.3, 0.4) is 0 Å². The minimum atomic E-state index is -0.430. The van der Waals surface area contributed by atoms with Crippen molar-refractivity contribution >= 4 is 11.6 Å². The van der Waals surface area contributed by atoms with E-state index in [1.165, 1.54) is 6.20 Å². The highest BCUT2D eigenvalue weighted by Gasteiger charge is 2.07. The number of ether oxygens (including phenoxy) is 1. The number of carbonyl (C=O) groups is 1. The largest absolute Gasteiger partial charge is 0.382 e. The highest BCUT2D eigenvalue weighted by Crippen LogP contribution is 2.09. The molecule has 0 aliphatic carbocycles. The molecular formula is C16H18N4O2. The maximum absolute atomic E-state index is 11.8. The van der Waals surface area contributed by atoms with E-state index in [-0.39, 0.29) is 5.57 Å². The van der Waals surface area contributed by atoms with Crippen molar-refractivity contribution in [2.24, 2.45) is 0 Å². The number of nitrogens with one attached hydrogen (secondary N) is 2. The Morgan fingerprint density at radius 1 is 1.32 bits per heavy atom. The molecule has 0 saturated carbocycles. The van der Waals surface area contributed by atoms with Crippen molar-refractivity contribution in [1.82, 2.24) is 5.32 Å². The van der Waals surface area contributed by atoms with Crippen LogP contribution >= 0.6 is 0 Å². The van der Waals surface area contributed by atoms with Gasteiger partial charge in [0.1, 0.15) is 11.6 Å². The van der Waals surface area contributed by atoms with Gasteiger partial charge >= 0.3 is 0 Å². The van der Waals surface area contributed by atoms with Crippen LogP contribution < -0.4 is 10.6 Å². The van der Waals surface area contributed by atoms with Crippen LogP contribution in [0, 0.1) is 22.7 Å². The van der Waals surface area contributed by atoms with E-state index in [1.807, 2.05) is 19.1 Å². The van der Waals surface area contributed by atoms with Crippen LogP contribution in [0.15, 0.2) is 36.0 Å². The fourth-order valence-electron chi connectivity index (χ4n) is 1.56. The number of anilines is 1. The summed E-state index contributed by atoms with van der Waals surface area (Å²) < 4.78 is 5.16. The van der Waals surface area contributed by atoms with Gasteiger partial charge in [0, 0.05) is 31.6 Å². The molecule has 0 aromatic heterocycles. The van der Waals surface area contributed by atoms with Crippen molar-refractivity contribution in [3.63, 3.8) is 0 Å². The predicted octanol–water partition coefficient (Wildman–Crippen LogP) is 1.92. The first-order valence-corrected chi connectivity index (χ1v) is 6.94. The Kier molecular flexibility index (Phi) is 7.81. The van der Waals surface area contributed by atoms with Crippen LogP contribution in [-0.2, 0) is 9.53 Å². The van der Waals surface area contributed by atoms with Gasteiger partial charge in [-0.1, -0.05) is 0 Å². The van der Waals surface area contributed by atoms with E-state index in [4.69, 9.17) is 15.3 Å². The van der Waals surface area contributed by atoms with Crippen molar-refractivity contribution < 1.29 is 9.53 Å². The molecule has 1 aromatic carbocycles. The predicted molar refractivity (Wildman–Crippen MR) is 82.6 cm³/mol. The van der Waals surface area contributed by atoms with Crippen molar-refractivity contribution in [1.29, 1.82) is 10.5 Å². The molecule has 0 aliphatic rings. The summed E-state index contributed by atoms with van der Waals surface area (Å²) in [6.07, 6.45) is 2.04. The Bertz CT molecular complexity index is 594. The van der Waals surface area contributed by atoms with Gasteiger partial charge in [0.15, 0.2) is 0 Å². The summed E-state index contributed by atoms with van der Waals surface area (Å²) in [6, 6.07) is 10.6. The molecule has 6 heteroatoms. The van der Waals surface area contributed by atoms with Gasteiger partial charge in [-0.05, 0) is 37.6 Å². The summed E-state index contributed by atoms with van der Waals surface area (Å²) in [6.45, 7) is 3.58. The van der Waals surface area contributed by atoms with Crippen LogP contribution in [0.25, 0.3) is 0 Å². The molecule has 2 N–H and O–H groups in total. The molecule has 0 spiro atoms. The number of carbonyl (C=O) groups excluding carboxylic acids is 1. The minimum absolute atomic E-state index is 0.0132. The lowest BCUT2D eigenvalue weighted by Crippen LogP contribution is -2.26. The van der Waals surface area contributed by atoms with Crippen molar-refractivity contribution in [2.75, 3.05) is 25.1 Å². The molecule has 0 fully saturated rings. The lowest BCUT2D eigenvalue weighted by molar-refractivity contribution is -0.117. The highest BCUT2D eigenvalue weighted by atomic mass is 16.5. The number of hydrogen-bond acceptors (Lipinski definition) is 5. The molecular weight excluding hydrogens is 280 g/mol. The van der Waals surface area contributed by atoms with Gasteiger partial charge < -0.3 is 15.4 Å². The SMILES string of the molecule is CCOCCCNC(=O)/C(C#N)=C\Nc1ccc(C#N)cc1. The number of amides is 1. The van der Waals surface area contributed by atoms with Crippen LogP contribution in [0.2, 0.25) is 0 Å². The second kappa shape index (κ2) is 9.98. The Morgan fingerprint density at radius 3 is 2.64 bits per heavy atom. The Hall–Kier alpha value is -2.83. The van der Waals surface area contributed by atoms with E-state index < -0.39 is 5.91 Å². The normalized spacial score (nSPS) is 10.4. The number of nitriles is 2. The summed E-state index contributed by atoms with van der Waals surface area (Å²) in [7, 11) is 0. The van der Waals surface area contributed by atoms with Gasteiger partial charge in [-0.25, -0.2) is 0 Å². The molecule has 1 amide bonds. The van der Waals surface area contributed by atoms with E-state index in [1.54, 1.807) is 24.3 Å². The van der Waals surface area contributed by atoms with E-state index in [0.717, 1.165) is 0 Å². The number of benzene rings is 1. The lowest BCUT2D eigenvalue weighted by atomic mass is 10.2. The fraction of sp³-hybridized carbons (Fsp3) is 0.312. The van der Waals surface area contributed by atoms with Gasteiger partial charge in [0.2, 0.25) is 0 Å². The van der Waals surface area contributed by atoms with E-state index in [9.17, 15) is 4.79 Å². The highest BCUT2D eigenvalue weighted by molar-refractivity contribution is 5.97. The number of rotatable bonds is 8. The first-order valence-electron chi connectivity index (χ1n) is 6.94. The van der Waals surface area contributed by atoms with Crippen LogP contribution in [0.5, 0.6) is 0 Å². The van der Waals surface area contributed by atoms with Crippen molar-refractivity contribution in [2.45, 2.75) is 13.3 Å². The summed E-state index contributed by atoms with van der Waals surface area (Å²) >= 11 is 0. The molecule has 0 aliphatic heterocycles. The molecule has 22 heavy (non-hydrogen) atoms. The Labute approximate surface area is 130 Å². The zero-order valence-corrected chi connectivity index (χ0v) is 12.4. The summed E-state index contributed by atoms with van der Waals surface area (Å²) in [4.78, 5) is 11.8. The fourth-order valence-corrected chi connectivity index (χ4v) is 1.56. The van der Waals surface area contributed by atoms with Crippen LogP contribution in [0.1, 0.15) is 18.9 Å². The first-order chi connectivity index (χ1) is 10.7. The Morgan fingerprint density at radius 2 is 2.05 bits per heavy atom. The number of hydrogen-bond donors (Lipinski definition) is 2. The number of nitrogens with zero attached hydrogens (tertiary/aromatic N) is 2. The zero-order valence-electron chi connectivity index (χ0n) is 12.4. The second-order valence-electron chi connectivity index (χ2n) is 4.31. The van der Waals surface area contributed by atoms with E-state index in [0.29, 0.717) is 37.4 Å². The smallest absolute Gasteiger partial charge is 0.263 e. The molecule has 1 rings (SSSR count). The molecule has 1 aromatic rings. The molecule has 114 valence electrons. The average molecular weight is 298 g/mol. The molecule has 0 atom stereocenters. The zero-order chi connectivity index (χ0) is 16.2. The van der Waals surface area contributed by atoms with Gasteiger partial charge in [-0.2, -0.15) is 10.5 Å². The maximum atomic E-state index is 11.8. The van der Waals surface area contributed by atoms with Crippen LogP contribution in [-0.4, -0.2) is 25.7 Å². The van der Waals surface area contributed by atoms with Gasteiger partial charge in [0.05, 0.1) is 11.6 Å². The third-order valence-corrected chi connectivity index (χ3v) is 2.72. The summed E-state index contributed by atoms with van der Waals surface area (Å²) in [5, 5.41) is 23.2. The quantitative estimate of drug-likeness (QED) is 0.434. The third-order valence-electron chi connectivity index (χ3n) is 2.72. The Balaban J connectivity index is 2.49. The lowest BCUT2D eigenvalue weighted by Gasteiger charge is -2.05. The van der Waals surface area contributed by atoms with E-state index in [2.05, 4.69) is 10.6 Å². The monoisotopic (exact) mass is 298 g/mol. The third kappa shape index (κ3) is 6.08. The maximum Gasteiger partial charge on any atom is 0.263 e. The summed E-state index contributed by atoms with van der Waals surface area (Å²) in [5.74, 6) is -0.430. The molecule has 6 nitrogen and oxygen atoms in total. The minimum Gasteiger partial charge on any atom is -0.382 e. The average Bonchev–Trinajstić information content (AvgIpc) is 2.55. The van der Waals surface area contributed by atoms with Gasteiger partial charge in [0.25, 0.3) is 5.91 Å². The molecule has 0 heterocycles. The van der Waals surface area contributed by atoms with Crippen molar-refractivity contribution in [3.8, 4) is 12.1 Å².